The standard InChI is InChI=1S/C11H18N4OS/c1-3-15-7-12-14-11(15)17-6-10(16)13-8(2)9-4-5-9/h7-9H,3-6H2,1-2H3,(H,13,16)/t8-/m1/s1. The average Bonchev–Trinajstić information content (AvgIpc) is 3.06. The summed E-state index contributed by atoms with van der Waals surface area (Å²) in [6.07, 6.45) is 4.19. The van der Waals surface area contributed by atoms with Gasteiger partial charge in [-0.2, -0.15) is 0 Å². The van der Waals surface area contributed by atoms with Gasteiger partial charge in [0, 0.05) is 12.6 Å². The van der Waals surface area contributed by atoms with Crippen LogP contribution in [0, 0.1) is 5.92 Å². The molecule has 1 aromatic rings. The summed E-state index contributed by atoms with van der Waals surface area (Å²) in [6.45, 7) is 4.94. The largest absolute Gasteiger partial charge is 0.353 e. The van der Waals surface area contributed by atoms with Crippen molar-refractivity contribution in [3.8, 4) is 0 Å². The van der Waals surface area contributed by atoms with E-state index < -0.39 is 0 Å². The predicted octanol–water partition coefficient (Wildman–Crippen LogP) is 1.30. The maximum atomic E-state index is 11.7. The summed E-state index contributed by atoms with van der Waals surface area (Å²) in [5.74, 6) is 1.19. The first-order valence-electron chi connectivity index (χ1n) is 6.00. The van der Waals surface area contributed by atoms with Crippen LogP contribution in [0.1, 0.15) is 26.7 Å². The summed E-state index contributed by atoms with van der Waals surface area (Å²) < 4.78 is 1.93. The highest BCUT2D eigenvalue weighted by molar-refractivity contribution is 7.99. The number of nitrogens with one attached hydrogen (secondary N) is 1. The van der Waals surface area contributed by atoms with Gasteiger partial charge in [0.25, 0.3) is 0 Å². The number of carbonyl (C=O) groups excluding carboxylic acids is 1. The molecule has 0 spiro atoms. The van der Waals surface area contributed by atoms with Crippen molar-refractivity contribution < 1.29 is 4.79 Å². The average molecular weight is 254 g/mol. The molecule has 0 aromatic carbocycles. The number of carbonyl (C=O) groups is 1. The van der Waals surface area contributed by atoms with Gasteiger partial charge < -0.3 is 9.88 Å². The number of rotatable bonds is 6. The van der Waals surface area contributed by atoms with Crippen LogP contribution in [-0.2, 0) is 11.3 Å². The van der Waals surface area contributed by atoms with Gasteiger partial charge in [0.2, 0.25) is 5.91 Å². The van der Waals surface area contributed by atoms with Crippen LogP contribution >= 0.6 is 11.8 Å². The van der Waals surface area contributed by atoms with Crippen molar-refractivity contribution in [2.24, 2.45) is 5.92 Å². The summed E-state index contributed by atoms with van der Waals surface area (Å²) in [7, 11) is 0. The monoisotopic (exact) mass is 254 g/mol. The molecule has 0 aliphatic heterocycles. The van der Waals surface area contributed by atoms with Crippen molar-refractivity contribution >= 4 is 17.7 Å². The minimum Gasteiger partial charge on any atom is -0.353 e. The second kappa shape index (κ2) is 5.53. The van der Waals surface area contributed by atoms with E-state index in [1.165, 1.54) is 24.6 Å². The van der Waals surface area contributed by atoms with Gasteiger partial charge in [-0.25, -0.2) is 0 Å². The van der Waals surface area contributed by atoms with E-state index in [4.69, 9.17) is 0 Å². The van der Waals surface area contributed by atoms with Gasteiger partial charge >= 0.3 is 0 Å². The molecule has 1 saturated carbocycles. The molecule has 1 aliphatic carbocycles. The van der Waals surface area contributed by atoms with Gasteiger partial charge in [0.1, 0.15) is 6.33 Å². The van der Waals surface area contributed by atoms with Crippen LogP contribution in [0.5, 0.6) is 0 Å². The lowest BCUT2D eigenvalue weighted by molar-refractivity contribution is -0.119. The van der Waals surface area contributed by atoms with E-state index in [0.717, 1.165) is 11.7 Å². The quantitative estimate of drug-likeness (QED) is 0.777. The lowest BCUT2D eigenvalue weighted by atomic mass is 10.2. The SMILES string of the molecule is CCn1cnnc1SCC(=O)N[C@H](C)C1CC1. The third-order valence-corrected chi connectivity index (χ3v) is 3.95. The van der Waals surface area contributed by atoms with Crippen molar-refractivity contribution in [3.05, 3.63) is 6.33 Å². The zero-order valence-corrected chi connectivity index (χ0v) is 11.0. The molecule has 1 heterocycles. The summed E-state index contributed by atoms with van der Waals surface area (Å²) in [5, 5.41) is 11.6. The highest BCUT2D eigenvalue weighted by Crippen LogP contribution is 2.32. The van der Waals surface area contributed by atoms with Crippen LogP contribution in [-0.4, -0.2) is 32.5 Å². The normalized spacial score (nSPS) is 16.8. The van der Waals surface area contributed by atoms with Crippen LogP contribution in [0.25, 0.3) is 0 Å². The Labute approximate surface area is 105 Å². The zero-order chi connectivity index (χ0) is 12.3. The van der Waals surface area contributed by atoms with Gasteiger partial charge in [-0.05, 0) is 32.6 Å². The number of aryl methyl sites for hydroxylation is 1. The van der Waals surface area contributed by atoms with Gasteiger partial charge in [-0.3, -0.25) is 4.79 Å². The molecule has 0 unspecified atom stereocenters. The number of aromatic nitrogens is 3. The first-order valence-corrected chi connectivity index (χ1v) is 6.99. The van der Waals surface area contributed by atoms with E-state index in [-0.39, 0.29) is 5.91 Å². The maximum Gasteiger partial charge on any atom is 0.230 e. The smallest absolute Gasteiger partial charge is 0.230 e. The minimum absolute atomic E-state index is 0.0834. The van der Waals surface area contributed by atoms with E-state index in [0.29, 0.717) is 17.7 Å². The van der Waals surface area contributed by atoms with Crippen molar-refractivity contribution in [1.29, 1.82) is 0 Å². The van der Waals surface area contributed by atoms with Crippen molar-refractivity contribution in [3.63, 3.8) is 0 Å². The first kappa shape index (κ1) is 12.4. The molecule has 0 bridgehead atoms. The molecule has 1 aliphatic rings. The molecule has 0 radical (unpaired) electrons. The number of thioether (sulfide) groups is 1. The molecule has 17 heavy (non-hydrogen) atoms. The van der Waals surface area contributed by atoms with Crippen LogP contribution < -0.4 is 5.32 Å². The predicted molar refractivity (Wildman–Crippen MR) is 66.7 cm³/mol. The van der Waals surface area contributed by atoms with Crippen LogP contribution in [0.4, 0.5) is 0 Å². The van der Waals surface area contributed by atoms with Crippen molar-refractivity contribution in [1.82, 2.24) is 20.1 Å². The van der Waals surface area contributed by atoms with E-state index >= 15 is 0 Å². The molecule has 1 amide bonds. The van der Waals surface area contributed by atoms with Crippen molar-refractivity contribution in [2.75, 3.05) is 5.75 Å². The Kier molecular flexibility index (Phi) is 4.04. The molecule has 2 rings (SSSR count). The Morgan fingerprint density at radius 3 is 3.12 bits per heavy atom. The number of hydrogen-bond donors (Lipinski definition) is 1. The molecule has 1 aromatic heterocycles. The van der Waals surface area contributed by atoms with Crippen LogP contribution in [0.2, 0.25) is 0 Å². The minimum atomic E-state index is 0.0834. The summed E-state index contributed by atoms with van der Waals surface area (Å²) in [6, 6.07) is 0.312. The molecule has 6 heteroatoms. The molecule has 0 saturated heterocycles. The highest BCUT2D eigenvalue weighted by Gasteiger charge is 2.28. The second-order valence-corrected chi connectivity index (χ2v) is 5.32. The van der Waals surface area contributed by atoms with Gasteiger partial charge in [0.05, 0.1) is 5.75 Å². The Balaban J connectivity index is 1.75. The first-order chi connectivity index (χ1) is 8.20. The summed E-state index contributed by atoms with van der Waals surface area (Å²) >= 11 is 1.44. The molecule has 5 nitrogen and oxygen atoms in total. The fourth-order valence-corrected chi connectivity index (χ4v) is 2.50. The topological polar surface area (TPSA) is 59.8 Å². The van der Waals surface area contributed by atoms with Gasteiger partial charge in [-0.15, -0.1) is 10.2 Å². The van der Waals surface area contributed by atoms with E-state index in [1.807, 2.05) is 11.5 Å². The number of amides is 1. The Bertz CT molecular complexity index is 389. The lowest BCUT2D eigenvalue weighted by Gasteiger charge is -2.12. The number of hydrogen-bond acceptors (Lipinski definition) is 4. The third kappa shape index (κ3) is 3.46. The third-order valence-electron chi connectivity index (χ3n) is 2.97. The number of nitrogens with zero attached hydrogens (tertiary/aromatic N) is 3. The molecular weight excluding hydrogens is 236 g/mol. The molecule has 94 valence electrons. The van der Waals surface area contributed by atoms with Crippen LogP contribution in [0.15, 0.2) is 11.5 Å². The lowest BCUT2D eigenvalue weighted by Crippen LogP contribution is -2.35. The fraction of sp³-hybridized carbons (Fsp3) is 0.727. The molecule has 1 N–H and O–H groups in total. The molecule has 1 fully saturated rings. The summed E-state index contributed by atoms with van der Waals surface area (Å²) in [4.78, 5) is 11.7. The van der Waals surface area contributed by atoms with Crippen molar-refractivity contribution in [2.45, 2.75) is 44.4 Å². The second-order valence-electron chi connectivity index (χ2n) is 4.38. The zero-order valence-electron chi connectivity index (χ0n) is 10.2. The Hall–Kier alpha value is -1.04. The Morgan fingerprint density at radius 2 is 2.47 bits per heavy atom. The maximum absolute atomic E-state index is 11.7. The highest BCUT2D eigenvalue weighted by atomic mass is 32.2. The van der Waals surface area contributed by atoms with E-state index in [2.05, 4.69) is 22.4 Å². The van der Waals surface area contributed by atoms with Crippen LogP contribution in [0.3, 0.4) is 0 Å². The molecule has 1 atom stereocenters. The molecular formula is C11H18N4OS. The van der Waals surface area contributed by atoms with Gasteiger partial charge in [0.15, 0.2) is 5.16 Å². The summed E-state index contributed by atoms with van der Waals surface area (Å²) in [5.41, 5.74) is 0. The van der Waals surface area contributed by atoms with E-state index in [1.54, 1.807) is 6.33 Å². The van der Waals surface area contributed by atoms with E-state index in [9.17, 15) is 4.79 Å². The Morgan fingerprint density at radius 1 is 1.71 bits per heavy atom. The fourth-order valence-electron chi connectivity index (χ4n) is 1.71. The van der Waals surface area contributed by atoms with Gasteiger partial charge in [-0.1, -0.05) is 11.8 Å².